The van der Waals surface area contributed by atoms with Crippen LogP contribution in [0.25, 0.3) is 0 Å². The Kier molecular flexibility index (Phi) is 7.29. The topological polar surface area (TPSA) is 84.2 Å². The third-order valence-corrected chi connectivity index (χ3v) is 9.15. The maximum absolute atomic E-state index is 14.3. The van der Waals surface area contributed by atoms with Crippen molar-refractivity contribution >= 4 is 17.4 Å². The molecule has 5 nitrogen and oxygen atoms in total. The lowest BCUT2D eigenvalue weighted by atomic mass is 9.53. The van der Waals surface area contributed by atoms with Gasteiger partial charge in [-0.1, -0.05) is 58.1 Å². The van der Waals surface area contributed by atoms with Crippen LogP contribution < -0.4 is 16.4 Å². The van der Waals surface area contributed by atoms with Crippen LogP contribution in [0, 0.1) is 36.5 Å². The van der Waals surface area contributed by atoms with Crippen molar-refractivity contribution in [3.63, 3.8) is 0 Å². The van der Waals surface area contributed by atoms with Crippen LogP contribution in [-0.2, 0) is 4.79 Å². The van der Waals surface area contributed by atoms with E-state index in [0.29, 0.717) is 17.4 Å². The predicted octanol–water partition coefficient (Wildman–Crippen LogP) is 6.39. The minimum Gasteiger partial charge on any atom is -0.372 e. The zero-order valence-corrected chi connectivity index (χ0v) is 23.5. The van der Waals surface area contributed by atoms with Gasteiger partial charge in [-0.25, -0.2) is 0 Å². The van der Waals surface area contributed by atoms with Gasteiger partial charge in [-0.3, -0.25) is 9.59 Å². The molecular weight excluding hydrogens is 458 g/mol. The number of allylic oxidation sites excluding steroid dienone is 3. The van der Waals surface area contributed by atoms with Gasteiger partial charge in [-0.05, 0) is 86.0 Å². The molecule has 0 aliphatic heterocycles. The zero-order valence-electron chi connectivity index (χ0n) is 23.5. The molecule has 0 saturated heterocycles. The second kappa shape index (κ2) is 10.00. The summed E-state index contributed by atoms with van der Waals surface area (Å²) in [5, 5.41) is 6.74. The molecule has 0 aromatic heterocycles. The fourth-order valence-corrected chi connectivity index (χ4v) is 7.29. The quantitative estimate of drug-likeness (QED) is 0.404. The number of rotatable bonds is 7. The number of fused-ring (bicyclic) bond motifs is 3. The Hall–Kier alpha value is -3.08. The highest BCUT2D eigenvalue weighted by atomic mass is 16.1. The van der Waals surface area contributed by atoms with Gasteiger partial charge in [0.2, 0.25) is 5.91 Å². The van der Waals surface area contributed by atoms with Crippen molar-refractivity contribution in [1.29, 1.82) is 0 Å². The zero-order chi connectivity index (χ0) is 27.3. The van der Waals surface area contributed by atoms with E-state index in [1.54, 1.807) is 0 Å². The van der Waals surface area contributed by atoms with Gasteiger partial charge in [-0.15, -0.1) is 0 Å². The van der Waals surface area contributed by atoms with Crippen molar-refractivity contribution in [2.75, 3.05) is 11.9 Å². The number of anilines is 1. The summed E-state index contributed by atoms with van der Waals surface area (Å²) in [6.45, 7) is 24.3. The third-order valence-electron chi connectivity index (χ3n) is 9.15. The van der Waals surface area contributed by atoms with Gasteiger partial charge in [0.25, 0.3) is 0 Å². The highest BCUT2D eigenvalue weighted by molar-refractivity contribution is 6.14. The highest BCUT2D eigenvalue weighted by Crippen LogP contribution is 2.57. The van der Waals surface area contributed by atoms with Crippen LogP contribution >= 0.6 is 0 Å². The Morgan fingerprint density at radius 1 is 1.19 bits per heavy atom. The monoisotopic (exact) mass is 501 g/mol. The Morgan fingerprint density at radius 3 is 2.49 bits per heavy atom. The summed E-state index contributed by atoms with van der Waals surface area (Å²) in [6.07, 6.45) is 1.87. The molecule has 0 saturated carbocycles. The first kappa shape index (κ1) is 27.0. The summed E-state index contributed by atoms with van der Waals surface area (Å²) in [5.41, 5.74) is 13.9. The van der Waals surface area contributed by atoms with E-state index in [4.69, 9.17) is 5.73 Å². The standard InChI is InChI=1S/C32H43N3O2/c1-15(2)12-13-34-22(9)35-25-11-10-23-17(4)28-18(5)24-14-16(3)26(32(33)37)20(7)27(24)21(8)30(28)31(36)29(23)19(25)6/h10-11,15,17-18,24,27-28,34-35H,7,9,12-14H2,1-6,8H3,(H2,33,37)/t17-,18+,24?,27?,28?/m0/s1. The summed E-state index contributed by atoms with van der Waals surface area (Å²) < 4.78 is 0. The van der Waals surface area contributed by atoms with Crippen LogP contribution in [0.15, 0.2) is 59.0 Å². The number of hydrogen-bond donors (Lipinski definition) is 3. The van der Waals surface area contributed by atoms with E-state index in [9.17, 15) is 9.59 Å². The number of primary amides is 1. The summed E-state index contributed by atoms with van der Waals surface area (Å²) in [7, 11) is 0. The van der Waals surface area contributed by atoms with Crippen LogP contribution in [0.2, 0.25) is 0 Å². The molecule has 5 heteroatoms. The summed E-state index contributed by atoms with van der Waals surface area (Å²) in [6, 6.07) is 4.20. The van der Waals surface area contributed by atoms with Gasteiger partial charge in [-0.2, -0.15) is 0 Å². The largest absolute Gasteiger partial charge is 0.372 e. The van der Waals surface area contributed by atoms with Crippen LogP contribution in [0.1, 0.15) is 81.8 Å². The molecule has 1 amide bonds. The lowest BCUT2D eigenvalue weighted by molar-refractivity contribution is -0.114. The number of nitrogens with one attached hydrogen (secondary N) is 2. The fraction of sp³-hybridized carbons (Fsp3) is 0.500. The molecule has 1 aromatic carbocycles. The molecule has 3 aliphatic carbocycles. The van der Waals surface area contributed by atoms with E-state index in [1.165, 1.54) is 0 Å². The smallest absolute Gasteiger partial charge is 0.248 e. The minimum absolute atomic E-state index is 0.0308. The Balaban J connectivity index is 1.74. The SMILES string of the molecule is C=C(NCCC(C)C)Nc1ccc2c(c1C)C(=O)C1=C(C)C3C(=C)C(C(N)=O)=C(C)CC3[C@@H](C)C1[C@H]2C. The normalized spacial score (nSPS) is 27.1. The van der Waals surface area contributed by atoms with Crippen molar-refractivity contribution in [3.8, 4) is 0 Å². The van der Waals surface area contributed by atoms with Crippen molar-refractivity contribution in [3.05, 3.63) is 75.7 Å². The lowest BCUT2D eigenvalue weighted by Crippen LogP contribution is -2.45. The molecule has 37 heavy (non-hydrogen) atoms. The average Bonchev–Trinajstić information content (AvgIpc) is 2.80. The predicted molar refractivity (Wildman–Crippen MR) is 152 cm³/mol. The van der Waals surface area contributed by atoms with E-state index in [2.05, 4.69) is 70.5 Å². The van der Waals surface area contributed by atoms with Crippen LogP contribution in [-0.4, -0.2) is 18.2 Å². The Morgan fingerprint density at radius 2 is 1.86 bits per heavy atom. The number of hydrogen-bond acceptors (Lipinski definition) is 4. The number of nitrogens with two attached hydrogens (primary N) is 1. The fourth-order valence-electron chi connectivity index (χ4n) is 7.29. The van der Waals surface area contributed by atoms with E-state index < -0.39 is 5.91 Å². The van der Waals surface area contributed by atoms with Crippen molar-refractivity contribution in [2.24, 2.45) is 35.3 Å². The van der Waals surface area contributed by atoms with E-state index in [-0.39, 0.29) is 29.5 Å². The van der Waals surface area contributed by atoms with Crippen LogP contribution in [0.3, 0.4) is 0 Å². The number of carbonyl (C=O) groups is 2. The number of benzene rings is 1. The minimum atomic E-state index is -0.420. The van der Waals surface area contributed by atoms with E-state index in [0.717, 1.165) is 69.9 Å². The van der Waals surface area contributed by atoms with Gasteiger partial charge < -0.3 is 16.4 Å². The molecule has 0 fully saturated rings. The van der Waals surface area contributed by atoms with Gasteiger partial charge >= 0.3 is 0 Å². The third kappa shape index (κ3) is 4.47. The number of ketones is 1. The maximum Gasteiger partial charge on any atom is 0.248 e. The Labute approximate surface area is 222 Å². The first-order chi connectivity index (χ1) is 17.4. The first-order valence-electron chi connectivity index (χ1n) is 13.6. The van der Waals surface area contributed by atoms with Crippen molar-refractivity contribution in [2.45, 2.75) is 67.2 Å². The molecule has 4 rings (SSSR count). The molecule has 4 N–H and O–H groups in total. The molecule has 3 unspecified atom stereocenters. The molecule has 198 valence electrons. The van der Waals surface area contributed by atoms with E-state index in [1.807, 2.05) is 13.8 Å². The van der Waals surface area contributed by atoms with Crippen LogP contribution in [0.5, 0.6) is 0 Å². The molecule has 3 aliphatic rings. The molecule has 1 aromatic rings. The van der Waals surface area contributed by atoms with Crippen molar-refractivity contribution < 1.29 is 9.59 Å². The molecule has 0 heterocycles. The molecule has 0 bridgehead atoms. The van der Waals surface area contributed by atoms with Crippen molar-refractivity contribution in [1.82, 2.24) is 5.32 Å². The summed E-state index contributed by atoms with van der Waals surface area (Å²) in [4.78, 5) is 26.5. The maximum atomic E-state index is 14.3. The van der Waals surface area contributed by atoms with Gasteiger partial charge in [0.05, 0.1) is 5.82 Å². The number of amides is 1. The Bertz CT molecular complexity index is 1250. The molecule has 5 atom stereocenters. The molecular formula is C32H43N3O2. The first-order valence-corrected chi connectivity index (χ1v) is 13.6. The summed E-state index contributed by atoms with van der Waals surface area (Å²) >= 11 is 0. The van der Waals surface area contributed by atoms with Gasteiger partial charge in [0, 0.05) is 34.9 Å². The number of Topliss-reactive ketones (excluding diaryl/α,β-unsaturated/α-hetero) is 1. The van der Waals surface area contributed by atoms with Gasteiger partial charge in [0.15, 0.2) is 5.78 Å². The average molecular weight is 502 g/mol. The second-order valence-electron chi connectivity index (χ2n) is 11.9. The molecule has 0 radical (unpaired) electrons. The van der Waals surface area contributed by atoms with Crippen LogP contribution in [0.4, 0.5) is 5.69 Å². The van der Waals surface area contributed by atoms with E-state index >= 15 is 0 Å². The lowest BCUT2D eigenvalue weighted by Gasteiger charge is -2.50. The highest BCUT2D eigenvalue weighted by Gasteiger charge is 2.51. The molecule has 0 spiro atoms. The second-order valence-corrected chi connectivity index (χ2v) is 11.9. The summed E-state index contributed by atoms with van der Waals surface area (Å²) in [5.74, 6) is 1.95. The number of carbonyl (C=O) groups excluding carboxylic acids is 2. The van der Waals surface area contributed by atoms with Gasteiger partial charge in [0.1, 0.15) is 0 Å².